The average molecular weight is 486 g/mol. The maximum Gasteiger partial charge on any atom is 0.506 e. The van der Waals surface area contributed by atoms with Crippen molar-refractivity contribution in [1.29, 1.82) is 0 Å². The van der Waals surface area contributed by atoms with Crippen molar-refractivity contribution in [2.75, 3.05) is 4.90 Å². The quantitative estimate of drug-likeness (QED) is 0.511. The summed E-state index contributed by atoms with van der Waals surface area (Å²) in [5, 5.41) is 0.748. The molecule has 176 valence electrons. The number of allylic oxidation sites excluding steroid dienone is 1. The molecule has 3 aromatic rings. The molecule has 35 heavy (non-hydrogen) atoms. The van der Waals surface area contributed by atoms with Crippen molar-refractivity contribution in [2.45, 2.75) is 46.1 Å². The second kappa shape index (κ2) is 8.30. The minimum Gasteiger partial charge on any atom is -0.269 e. The van der Waals surface area contributed by atoms with Crippen molar-refractivity contribution in [3.8, 4) is 0 Å². The summed E-state index contributed by atoms with van der Waals surface area (Å²) in [5.74, 6) is -0.628. The Morgan fingerprint density at radius 2 is 1.89 bits per heavy atom. The van der Waals surface area contributed by atoms with Crippen LogP contribution in [0.1, 0.15) is 43.1 Å². The lowest BCUT2D eigenvalue weighted by molar-refractivity contribution is -0.444. The minimum absolute atomic E-state index is 0.134. The number of carbonyl (C=O) groups excluding carboxylic acids is 2. The molecular formula is C27H25N4O3S+. The first kappa shape index (κ1) is 22.0. The van der Waals surface area contributed by atoms with Gasteiger partial charge in [0, 0.05) is 11.8 Å². The Bertz CT molecular complexity index is 1530. The van der Waals surface area contributed by atoms with Crippen LogP contribution in [0.25, 0.3) is 5.65 Å². The first-order chi connectivity index (χ1) is 17.0. The highest BCUT2D eigenvalue weighted by Gasteiger charge is 2.54. The number of pyridine rings is 1. The Hall–Kier alpha value is -3.52. The molecule has 7 nitrogen and oxygen atoms in total. The molecule has 0 spiro atoms. The molecule has 1 unspecified atom stereocenters. The normalized spacial score (nSPS) is 19.7. The van der Waals surface area contributed by atoms with E-state index < -0.39 is 11.9 Å². The molecule has 2 aliphatic heterocycles. The van der Waals surface area contributed by atoms with E-state index in [0.29, 0.717) is 17.0 Å². The van der Waals surface area contributed by atoms with Crippen molar-refractivity contribution in [1.82, 2.24) is 9.38 Å². The van der Waals surface area contributed by atoms with Crippen LogP contribution in [0.4, 0.5) is 10.5 Å². The van der Waals surface area contributed by atoms with Gasteiger partial charge in [0.15, 0.2) is 11.0 Å². The van der Waals surface area contributed by atoms with Gasteiger partial charge in [-0.2, -0.15) is 9.37 Å². The van der Waals surface area contributed by atoms with E-state index in [9.17, 15) is 14.4 Å². The monoisotopic (exact) mass is 485 g/mol. The van der Waals surface area contributed by atoms with Gasteiger partial charge in [-0.1, -0.05) is 36.9 Å². The summed E-state index contributed by atoms with van der Waals surface area (Å²) < 4.78 is 3.21. The highest BCUT2D eigenvalue weighted by molar-refractivity contribution is 8.17. The standard InChI is InChI=1S/C27H25N4O3S/c1-3-17-10-12-19(13-11-17)31-25(33)24-20-7-5-8-21(20)35-26(24)29(27(31)34)15-18-14-23(32)30-16(2)6-4-9-22(30)28-18/h4,6,9-14,24H,3,5,7-8,15H2,1-2H3/q+1. The number of amides is 3. The summed E-state index contributed by atoms with van der Waals surface area (Å²) in [4.78, 5) is 47.6. The summed E-state index contributed by atoms with van der Waals surface area (Å²) in [5.41, 5.74) is 4.52. The molecule has 2 aromatic heterocycles. The fourth-order valence-electron chi connectivity index (χ4n) is 5.27. The summed E-state index contributed by atoms with van der Waals surface area (Å²) in [6.45, 7) is 4.06. The molecule has 0 saturated heterocycles. The van der Waals surface area contributed by atoms with Gasteiger partial charge in [0.1, 0.15) is 17.9 Å². The minimum atomic E-state index is -0.440. The van der Waals surface area contributed by atoms with Gasteiger partial charge in [0.2, 0.25) is 0 Å². The zero-order valence-corrected chi connectivity index (χ0v) is 20.5. The zero-order chi connectivity index (χ0) is 24.3. The van der Waals surface area contributed by atoms with E-state index in [4.69, 9.17) is 0 Å². The molecule has 1 aromatic carbocycles. The van der Waals surface area contributed by atoms with E-state index in [1.807, 2.05) is 43.3 Å². The van der Waals surface area contributed by atoms with Gasteiger partial charge in [0.05, 0.1) is 5.69 Å². The molecule has 0 saturated carbocycles. The Balaban J connectivity index is 1.46. The van der Waals surface area contributed by atoms with Crippen LogP contribution >= 0.6 is 11.8 Å². The Morgan fingerprint density at radius 1 is 1.09 bits per heavy atom. The van der Waals surface area contributed by atoms with Crippen molar-refractivity contribution >= 4 is 40.1 Å². The third kappa shape index (κ3) is 3.46. The summed E-state index contributed by atoms with van der Waals surface area (Å²) >= 11 is 1.56. The molecule has 0 radical (unpaired) electrons. The number of hydrogen-bond donors (Lipinski definition) is 0. The first-order valence-corrected chi connectivity index (χ1v) is 12.8. The molecule has 3 amide bonds. The lowest BCUT2D eigenvalue weighted by Crippen LogP contribution is -2.53. The van der Waals surface area contributed by atoms with Crippen LogP contribution in [-0.4, -0.2) is 30.9 Å². The average Bonchev–Trinajstić information content (AvgIpc) is 3.44. The fraction of sp³-hybridized carbons (Fsp3) is 0.296. The first-order valence-electron chi connectivity index (χ1n) is 12.0. The van der Waals surface area contributed by atoms with E-state index >= 15 is 0 Å². The summed E-state index contributed by atoms with van der Waals surface area (Å²) in [6, 6.07) is 14.2. The molecule has 0 N–H and O–H groups in total. The largest absolute Gasteiger partial charge is 0.506 e. The topological polar surface area (TPSA) is 74.8 Å². The number of rotatable bonds is 4. The van der Waals surface area contributed by atoms with Crippen molar-refractivity contribution in [3.63, 3.8) is 0 Å². The van der Waals surface area contributed by atoms with E-state index in [2.05, 4.69) is 11.9 Å². The predicted octanol–water partition coefficient (Wildman–Crippen LogP) is 4.44. The van der Waals surface area contributed by atoms with Gasteiger partial charge in [0.25, 0.3) is 5.56 Å². The van der Waals surface area contributed by atoms with Crippen LogP contribution in [0.2, 0.25) is 0 Å². The number of imide groups is 1. The number of fused-ring (bicyclic) bond motifs is 3. The summed E-state index contributed by atoms with van der Waals surface area (Å²) in [7, 11) is 0. The third-order valence-corrected chi connectivity index (χ3v) is 8.42. The molecule has 8 heteroatoms. The molecule has 3 aliphatic rings. The highest BCUT2D eigenvalue weighted by Crippen LogP contribution is 2.49. The highest BCUT2D eigenvalue weighted by atomic mass is 32.2. The number of urea groups is 1. The maximum atomic E-state index is 13.8. The van der Waals surface area contributed by atoms with E-state index in [-0.39, 0.29) is 18.0 Å². The molecule has 6 rings (SSSR count). The number of carbonyl (C=O) groups is 2. The number of benzene rings is 1. The number of thioether (sulfide) groups is 1. The molecule has 4 heterocycles. The van der Waals surface area contributed by atoms with Crippen molar-refractivity contribution in [2.24, 2.45) is 5.92 Å². The van der Waals surface area contributed by atoms with Crippen molar-refractivity contribution in [3.05, 3.63) is 86.3 Å². The Labute approximate surface area is 206 Å². The van der Waals surface area contributed by atoms with E-state index in [0.717, 1.165) is 47.6 Å². The Morgan fingerprint density at radius 3 is 2.66 bits per heavy atom. The van der Waals surface area contributed by atoms with Crippen LogP contribution in [0.15, 0.2) is 63.8 Å². The van der Waals surface area contributed by atoms with Crippen molar-refractivity contribution < 1.29 is 14.2 Å². The fourth-order valence-corrected chi connectivity index (χ4v) is 6.73. The van der Waals surface area contributed by atoms with E-state index in [1.165, 1.54) is 15.9 Å². The zero-order valence-electron chi connectivity index (χ0n) is 19.7. The van der Waals surface area contributed by atoms with Crippen LogP contribution in [0.3, 0.4) is 0 Å². The number of aryl methyl sites for hydroxylation is 2. The molecular weight excluding hydrogens is 460 g/mol. The summed E-state index contributed by atoms with van der Waals surface area (Å²) in [6.07, 6.45) is 3.73. The van der Waals surface area contributed by atoms with Gasteiger partial charge in [-0.05, 0) is 72.9 Å². The third-order valence-electron chi connectivity index (χ3n) is 7.04. The van der Waals surface area contributed by atoms with Crippen LogP contribution in [0, 0.1) is 12.8 Å². The number of aromatic nitrogens is 2. The lowest BCUT2D eigenvalue weighted by Gasteiger charge is -2.25. The van der Waals surface area contributed by atoms with Gasteiger partial charge >= 0.3 is 11.9 Å². The SMILES string of the molecule is CCc1ccc(N2C(=O)C3C4=C(CCC4)SC3=[N+](Cc3cc(=O)n4c(C)cccc4n3)C2=O)cc1. The van der Waals surface area contributed by atoms with Gasteiger partial charge in [-0.15, -0.1) is 4.90 Å². The maximum absolute atomic E-state index is 13.8. The van der Waals surface area contributed by atoms with Gasteiger partial charge < -0.3 is 0 Å². The predicted molar refractivity (Wildman–Crippen MR) is 136 cm³/mol. The molecule has 0 bridgehead atoms. The molecule has 0 fully saturated rings. The number of nitrogens with zero attached hydrogens (tertiary/aromatic N) is 4. The van der Waals surface area contributed by atoms with Crippen LogP contribution in [-0.2, 0) is 17.8 Å². The Kier molecular flexibility index (Phi) is 5.21. The van der Waals surface area contributed by atoms with Crippen LogP contribution in [0.5, 0.6) is 0 Å². The van der Waals surface area contributed by atoms with Gasteiger partial charge in [-0.3, -0.25) is 9.20 Å². The second-order valence-electron chi connectivity index (χ2n) is 9.18. The second-order valence-corrected chi connectivity index (χ2v) is 10.3. The molecule has 1 atom stereocenters. The molecule has 1 aliphatic carbocycles. The lowest BCUT2D eigenvalue weighted by atomic mass is 9.96. The van der Waals surface area contributed by atoms with Crippen LogP contribution < -0.4 is 10.5 Å². The number of anilines is 1. The van der Waals surface area contributed by atoms with E-state index in [1.54, 1.807) is 26.8 Å². The van der Waals surface area contributed by atoms with Gasteiger partial charge in [-0.25, -0.2) is 9.78 Å². The number of hydrogen-bond acceptors (Lipinski definition) is 5. The smallest absolute Gasteiger partial charge is 0.269 e.